The largest absolute Gasteiger partial charge is 0.573 e. The SMILES string of the molecule is O=C(O)c1cc(F)c2nc(N3C4CCC3C(COc3c(-c5ccccc5OC(F)(F)F)noc3C3CC3)C(F)C4)sc2c1. The van der Waals surface area contributed by atoms with E-state index in [9.17, 15) is 27.5 Å². The van der Waals surface area contributed by atoms with Crippen molar-refractivity contribution in [2.45, 2.75) is 62.6 Å². The van der Waals surface area contributed by atoms with Crippen LogP contribution in [0.1, 0.15) is 54.1 Å². The average molecular weight is 622 g/mol. The van der Waals surface area contributed by atoms with E-state index in [1.807, 2.05) is 4.90 Å². The molecule has 14 heteroatoms. The molecular formula is C29H24F5N3O5S. The zero-order valence-electron chi connectivity index (χ0n) is 22.3. The Balaban J connectivity index is 1.18. The highest BCUT2D eigenvalue weighted by Gasteiger charge is 2.49. The van der Waals surface area contributed by atoms with Crippen LogP contribution in [-0.4, -0.2) is 52.4 Å². The van der Waals surface area contributed by atoms with Gasteiger partial charge in [0.1, 0.15) is 17.4 Å². The summed E-state index contributed by atoms with van der Waals surface area (Å²) in [6, 6.07) is 7.34. The Hall–Kier alpha value is -3.94. The fourth-order valence-corrected chi connectivity index (χ4v) is 7.38. The normalized spacial score (nSPS) is 23.6. The number of aromatic nitrogens is 2. The van der Waals surface area contributed by atoms with Crippen molar-refractivity contribution in [2.24, 2.45) is 5.92 Å². The van der Waals surface area contributed by atoms with Crippen LogP contribution < -0.4 is 14.4 Å². The number of carboxylic acids is 1. The monoisotopic (exact) mass is 621 g/mol. The van der Waals surface area contributed by atoms with Gasteiger partial charge in [0, 0.05) is 23.9 Å². The lowest BCUT2D eigenvalue weighted by Gasteiger charge is -2.41. The number of thiazole rings is 1. The van der Waals surface area contributed by atoms with Crippen molar-refractivity contribution in [1.82, 2.24) is 10.1 Å². The van der Waals surface area contributed by atoms with E-state index in [1.165, 1.54) is 24.3 Å². The lowest BCUT2D eigenvalue weighted by Crippen LogP contribution is -2.51. The van der Waals surface area contributed by atoms with Crippen LogP contribution >= 0.6 is 11.3 Å². The number of halogens is 5. The predicted molar refractivity (Wildman–Crippen MR) is 145 cm³/mol. The van der Waals surface area contributed by atoms with Gasteiger partial charge in [-0.3, -0.25) is 0 Å². The summed E-state index contributed by atoms with van der Waals surface area (Å²) in [5.74, 6) is -2.52. The number of hydrogen-bond acceptors (Lipinski definition) is 8. The Morgan fingerprint density at radius 1 is 1.16 bits per heavy atom. The van der Waals surface area contributed by atoms with E-state index in [0.717, 1.165) is 30.2 Å². The number of carbonyl (C=O) groups is 1. The van der Waals surface area contributed by atoms with Gasteiger partial charge in [0.25, 0.3) is 0 Å². The lowest BCUT2D eigenvalue weighted by molar-refractivity contribution is -0.274. The Kier molecular flexibility index (Phi) is 6.71. The molecule has 1 N–H and O–H groups in total. The number of alkyl halides is 4. The van der Waals surface area contributed by atoms with Gasteiger partial charge >= 0.3 is 12.3 Å². The predicted octanol–water partition coefficient (Wildman–Crippen LogP) is 7.34. The molecule has 0 amide bonds. The maximum absolute atomic E-state index is 15.6. The first-order valence-electron chi connectivity index (χ1n) is 13.8. The minimum atomic E-state index is -4.93. The average Bonchev–Trinajstić information content (AvgIpc) is 3.41. The van der Waals surface area contributed by atoms with Crippen LogP contribution in [0.5, 0.6) is 11.5 Å². The summed E-state index contributed by atoms with van der Waals surface area (Å²) < 4.78 is 86.1. The number of piperidine rings is 1. The molecule has 8 nitrogen and oxygen atoms in total. The minimum Gasteiger partial charge on any atom is -0.487 e. The van der Waals surface area contributed by atoms with Crippen molar-refractivity contribution >= 4 is 32.7 Å². The van der Waals surface area contributed by atoms with Crippen molar-refractivity contribution in [1.29, 1.82) is 0 Å². The van der Waals surface area contributed by atoms with E-state index in [1.54, 1.807) is 6.07 Å². The van der Waals surface area contributed by atoms with Gasteiger partial charge in [0.05, 0.1) is 22.4 Å². The zero-order chi connectivity index (χ0) is 30.0. The maximum atomic E-state index is 15.6. The number of hydrogen-bond donors (Lipinski definition) is 1. The summed E-state index contributed by atoms with van der Waals surface area (Å²) in [6.07, 6.45) is -3.04. The molecule has 0 radical (unpaired) electrons. The van der Waals surface area contributed by atoms with Crippen molar-refractivity contribution in [3.05, 3.63) is 53.5 Å². The molecule has 226 valence electrons. The highest BCUT2D eigenvalue weighted by Crippen LogP contribution is 2.50. The Bertz CT molecular complexity index is 1700. The quantitative estimate of drug-likeness (QED) is 0.204. The van der Waals surface area contributed by atoms with Crippen LogP contribution in [0.3, 0.4) is 0 Å². The van der Waals surface area contributed by atoms with E-state index in [4.69, 9.17) is 9.26 Å². The van der Waals surface area contributed by atoms with Crippen LogP contribution in [0.2, 0.25) is 0 Å². The number of fused-ring (bicyclic) bond motifs is 3. The van der Waals surface area contributed by atoms with Crippen molar-refractivity contribution < 1.29 is 45.8 Å². The van der Waals surface area contributed by atoms with E-state index in [-0.39, 0.29) is 59.1 Å². The van der Waals surface area contributed by atoms with Gasteiger partial charge in [0.2, 0.25) is 0 Å². The second-order valence-electron chi connectivity index (χ2n) is 11.1. The van der Waals surface area contributed by atoms with Gasteiger partial charge in [-0.15, -0.1) is 13.2 Å². The van der Waals surface area contributed by atoms with Gasteiger partial charge in [-0.2, -0.15) is 0 Å². The van der Waals surface area contributed by atoms with Crippen LogP contribution in [0, 0.1) is 11.7 Å². The number of ether oxygens (including phenoxy) is 2. The molecule has 4 atom stereocenters. The van der Waals surface area contributed by atoms with Gasteiger partial charge in [0.15, 0.2) is 28.2 Å². The van der Waals surface area contributed by atoms with E-state index >= 15 is 4.39 Å². The summed E-state index contributed by atoms with van der Waals surface area (Å²) in [5, 5.41) is 13.8. The first-order valence-corrected chi connectivity index (χ1v) is 14.6. The number of para-hydroxylation sites is 1. The number of rotatable bonds is 8. The molecule has 2 aliphatic heterocycles. The number of benzene rings is 2. The second kappa shape index (κ2) is 10.4. The first-order chi connectivity index (χ1) is 20.6. The number of nitrogens with zero attached hydrogens (tertiary/aromatic N) is 3. The second-order valence-corrected chi connectivity index (χ2v) is 12.1. The van der Waals surface area contributed by atoms with E-state index in [2.05, 4.69) is 14.9 Å². The summed E-state index contributed by atoms with van der Waals surface area (Å²) >= 11 is 1.15. The molecule has 0 spiro atoms. The fraction of sp³-hybridized carbons (Fsp3) is 0.414. The highest BCUT2D eigenvalue weighted by molar-refractivity contribution is 7.22. The molecule has 7 rings (SSSR count). The third-order valence-corrected chi connectivity index (χ3v) is 9.33. The van der Waals surface area contributed by atoms with E-state index < -0.39 is 36.0 Å². The first kappa shape index (κ1) is 27.9. The standard InChI is InChI=1S/C29H24F5N3O5S/c30-18-11-15-7-8-20(37(15)28-35-24-19(31)9-14(27(38)39)10-22(24)43-28)17(18)12-40-26-23(36-42-25(26)13-5-6-13)16-3-1-2-4-21(16)41-29(32,33)34/h1-4,9-10,13,15,17-18,20H,5-8,11-12H2,(H,38,39). The third-order valence-electron chi connectivity index (χ3n) is 8.32. The molecule has 43 heavy (non-hydrogen) atoms. The molecule has 2 bridgehead atoms. The van der Waals surface area contributed by atoms with Crippen molar-refractivity contribution in [3.63, 3.8) is 0 Å². The van der Waals surface area contributed by atoms with Gasteiger partial charge < -0.3 is 24.0 Å². The number of aromatic carboxylic acids is 1. The van der Waals surface area contributed by atoms with Crippen LogP contribution in [0.4, 0.5) is 27.1 Å². The van der Waals surface area contributed by atoms with Crippen LogP contribution in [0.15, 0.2) is 40.9 Å². The molecule has 4 unspecified atom stereocenters. The number of carboxylic acid groups (broad SMARTS) is 1. The van der Waals surface area contributed by atoms with E-state index in [0.29, 0.717) is 28.4 Å². The molecule has 1 saturated carbocycles. The summed E-state index contributed by atoms with van der Waals surface area (Å²) in [6.45, 7) is -0.103. The topological polar surface area (TPSA) is 97.9 Å². The molecule has 3 fully saturated rings. The molecule has 1 aliphatic carbocycles. The molecule has 2 aromatic carbocycles. The minimum absolute atomic E-state index is 0.000161. The third kappa shape index (κ3) is 5.15. The molecule has 2 aromatic heterocycles. The summed E-state index contributed by atoms with van der Waals surface area (Å²) in [7, 11) is 0. The van der Waals surface area contributed by atoms with Crippen LogP contribution in [-0.2, 0) is 0 Å². The van der Waals surface area contributed by atoms with Gasteiger partial charge in [-0.1, -0.05) is 28.6 Å². The fourth-order valence-electron chi connectivity index (χ4n) is 6.23. The Labute approximate surface area is 245 Å². The van der Waals surface area contributed by atoms with Gasteiger partial charge in [-0.05, 0) is 56.4 Å². The highest BCUT2D eigenvalue weighted by atomic mass is 32.1. The molecule has 2 saturated heterocycles. The number of anilines is 1. The smallest absolute Gasteiger partial charge is 0.487 e. The summed E-state index contributed by atoms with van der Waals surface area (Å²) in [5.41, 5.74) is -0.0478. The van der Waals surface area contributed by atoms with Crippen LogP contribution in [0.25, 0.3) is 21.5 Å². The lowest BCUT2D eigenvalue weighted by atomic mass is 9.89. The molecular weight excluding hydrogens is 597 g/mol. The maximum Gasteiger partial charge on any atom is 0.573 e. The molecule has 4 heterocycles. The molecule has 3 aliphatic rings. The van der Waals surface area contributed by atoms with Crippen molar-refractivity contribution in [3.8, 4) is 22.8 Å². The zero-order valence-corrected chi connectivity index (χ0v) is 23.1. The Morgan fingerprint density at radius 3 is 2.70 bits per heavy atom. The van der Waals surface area contributed by atoms with Crippen molar-refractivity contribution in [2.75, 3.05) is 11.5 Å². The van der Waals surface area contributed by atoms with Gasteiger partial charge in [-0.25, -0.2) is 18.6 Å². The Morgan fingerprint density at radius 2 is 1.95 bits per heavy atom. The summed E-state index contributed by atoms with van der Waals surface area (Å²) in [4.78, 5) is 17.9. The molecule has 4 aromatic rings.